The van der Waals surface area contributed by atoms with Gasteiger partial charge in [-0.3, -0.25) is 4.79 Å². The summed E-state index contributed by atoms with van der Waals surface area (Å²) in [4.78, 5) is 24.2. The summed E-state index contributed by atoms with van der Waals surface area (Å²) in [6.07, 6.45) is 1.65. The summed E-state index contributed by atoms with van der Waals surface area (Å²) in [6, 6.07) is 14.6. The molecular formula is C21H26N2O3. The monoisotopic (exact) mass is 354 g/mol. The van der Waals surface area contributed by atoms with Crippen molar-refractivity contribution in [2.75, 3.05) is 17.2 Å². The van der Waals surface area contributed by atoms with E-state index in [9.17, 15) is 9.59 Å². The largest absolute Gasteiger partial charge is 0.462 e. The van der Waals surface area contributed by atoms with Gasteiger partial charge >= 0.3 is 5.97 Å². The minimum atomic E-state index is -0.357. The van der Waals surface area contributed by atoms with Crippen molar-refractivity contribution in [2.24, 2.45) is 5.92 Å². The number of amides is 1. The van der Waals surface area contributed by atoms with Gasteiger partial charge in [-0.2, -0.15) is 0 Å². The van der Waals surface area contributed by atoms with E-state index in [2.05, 4.69) is 10.6 Å². The van der Waals surface area contributed by atoms with Gasteiger partial charge in [-0.15, -0.1) is 0 Å². The Kier molecular flexibility index (Phi) is 7.21. The molecule has 0 aromatic heterocycles. The van der Waals surface area contributed by atoms with E-state index in [4.69, 9.17) is 4.74 Å². The zero-order chi connectivity index (χ0) is 18.9. The number of carbonyl (C=O) groups is 2. The average molecular weight is 354 g/mol. The highest BCUT2D eigenvalue weighted by atomic mass is 16.5. The van der Waals surface area contributed by atoms with Gasteiger partial charge in [0.25, 0.3) is 0 Å². The number of carbonyl (C=O) groups excluding carboxylic acids is 2. The van der Waals surface area contributed by atoms with Crippen molar-refractivity contribution in [3.05, 3.63) is 54.1 Å². The number of para-hydroxylation sites is 1. The number of rotatable bonds is 8. The number of anilines is 3. The van der Waals surface area contributed by atoms with Crippen LogP contribution in [-0.4, -0.2) is 18.5 Å². The zero-order valence-corrected chi connectivity index (χ0v) is 15.5. The fourth-order valence-electron chi connectivity index (χ4n) is 2.68. The topological polar surface area (TPSA) is 67.4 Å². The van der Waals surface area contributed by atoms with Crippen LogP contribution in [0.25, 0.3) is 0 Å². The van der Waals surface area contributed by atoms with Crippen LogP contribution in [0.1, 0.15) is 44.0 Å². The highest BCUT2D eigenvalue weighted by molar-refractivity contribution is 5.96. The Morgan fingerprint density at radius 1 is 0.923 bits per heavy atom. The zero-order valence-electron chi connectivity index (χ0n) is 15.5. The Morgan fingerprint density at radius 2 is 1.54 bits per heavy atom. The Morgan fingerprint density at radius 3 is 2.15 bits per heavy atom. The molecule has 0 fully saturated rings. The van der Waals surface area contributed by atoms with Gasteiger partial charge in [0.05, 0.1) is 17.9 Å². The maximum absolute atomic E-state index is 12.2. The van der Waals surface area contributed by atoms with Crippen molar-refractivity contribution in [2.45, 2.75) is 33.6 Å². The predicted molar refractivity (Wildman–Crippen MR) is 105 cm³/mol. The molecule has 0 radical (unpaired) electrons. The third-order valence-electron chi connectivity index (χ3n) is 4.21. The number of hydrogen-bond donors (Lipinski definition) is 2. The van der Waals surface area contributed by atoms with E-state index in [1.807, 2.05) is 50.2 Å². The number of hydrogen-bond acceptors (Lipinski definition) is 4. The van der Waals surface area contributed by atoms with Crippen LogP contribution in [0.4, 0.5) is 17.1 Å². The SMILES string of the molecule is CCOC(=O)c1ccccc1Nc1ccc(NC(=O)C(CC)CC)cc1. The summed E-state index contributed by atoms with van der Waals surface area (Å²) in [5, 5.41) is 6.16. The molecule has 2 aromatic carbocycles. The lowest BCUT2D eigenvalue weighted by atomic mass is 10.0. The Labute approximate surface area is 154 Å². The smallest absolute Gasteiger partial charge is 0.340 e. The van der Waals surface area contributed by atoms with E-state index in [0.29, 0.717) is 17.9 Å². The molecule has 0 saturated heterocycles. The van der Waals surface area contributed by atoms with Crippen LogP contribution in [0, 0.1) is 5.92 Å². The second-order valence-electron chi connectivity index (χ2n) is 5.97. The van der Waals surface area contributed by atoms with Gasteiger partial charge in [0.15, 0.2) is 0 Å². The molecular weight excluding hydrogens is 328 g/mol. The van der Waals surface area contributed by atoms with Crippen LogP contribution in [0.3, 0.4) is 0 Å². The fraction of sp³-hybridized carbons (Fsp3) is 0.333. The first-order valence-corrected chi connectivity index (χ1v) is 9.03. The van der Waals surface area contributed by atoms with Crippen molar-refractivity contribution in [1.82, 2.24) is 0 Å². The van der Waals surface area contributed by atoms with Gasteiger partial charge in [-0.25, -0.2) is 4.79 Å². The lowest BCUT2D eigenvalue weighted by molar-refractivity contribution is -0.120. The van der Waals surface area contributed by atoms with Crippen LogP contribution < -0.4 is 10.6 Å². The molecule has 0 saturated carbocycles. The molecule has 0 atom stereocenters. The number of esters is 1. The van der Waals surface area contributed by atoms with Gasteiger partial charge in [0.1, 0.15) is 0 Å². The number of ether oxygens (including phenoxy) is 1. The first-order chi connectivity index (χ1) is 12.6. The molecule has 0 aliphatic heterocycles. The summed E-state index contributed by atoms with van der Waals surface area (Å²) < 4.78 is 5.09. The standard InChI is InChI=1S/C21H26N2O3/c1-4-15(5-2)20(24)23-17-13-11-16(12-14-17)22-19-10-8-7-9-18(19)21(25)26-6-3/h7-15,22H,4-6H2,1-3H3,(H,23,24). The van der Waals surface area contributed by atoms with Crippen LogP contribution in [0.5, 0.6) is 0 Å². The minimum Gasteiger partial charge on any atom is -0.462 e. The van der Waals surface area contributed by atoms with Crippen molar-refractivity contribution >= 4 is 28.9 Å². The molecule has 0 aliphatic rings. The van der Waals surface area contributed by atoms with Crippen LogP contribution in [0.2, 0.25) is 0 Å². The molecule has 26 heavy (non-hydrogen) atoms. The molecule has 0 unspecified atom stereocenters. The van der Waals surface area contributed by atoms with Gasteiger partial charge in [-0.1, -0.05) is 26.0 Å². The Hall–Kier alpha value is -2.82. The summed E-state index contributed by atoms with van der Waals surface area (Å²) in [6.45, 7) is 6.14. The molecule has 0 heterocycles. The first-order valence-electron chi connectivity index (χ1n) is 9.03. The summed E-state index contributed by atoms with van der Waals surface area (Å²) in [5.41, 5.74) is 2.74. The van der Waals surface area contributed by atoms with E-state index in [1.165, 1.54) is 0 Å². The van der Waals surface area contributed by atoms with Crippen molar-refractivity contribution < 1.29 is 14.3 Å². The summed E-state index contributed by atoms with van der Waals surface area (Å²) >= 11 is 0. The van der Waals surface area contributed by atoms with E-state index in [1.54, 1.807) is 19.1 Å². The maximum Gasteiger partial charge on any atom is 0.340 e. The van der Waals surface area contributed by atoms with Gasteiger partial charge in [0, 0.05) is 17.3 Å². The molecule has 5 heteroatoms. The molecule has 138 valence electrons. The van der Waals surface area contributed by atoms with Crippen molar-refractivity contribution in [3.63, 3.8) is 0 Å². The van der Waals surface area contributed by atoms with Gasteiger partial charge in [-0.05, 0) is 56.2 Å². The maximum atomic E-state index is 12.2. The molecule has 2 N–H and O–H groups in total. The highest BCUT2D eigenvalue weighted by Crippen LogP contribution is 2.23. The van der Waals surface area contributed by atoms with Gasteiger partial charge < -0.3 is 15.4 Å². The summed E-state index contributed by atoms with van der Waals surface area (Å²) in [7, 11) is 0. The second-order valence-corrected chi connectivity index (χ2v) is 5.97. The molecule has 0 bridgehead atoms. The second kappa shape index (κ2) is 9.61. The van der Waals surface area contributed by atoms with E-state index in [0.717, 1.165) is 24.2 Å². The molecule has 2 aromatic rings. The number of nitrogens with one attached hydrogen (secondary N) is 2. The molecule has 5 nitrogen and oxygen atoms in total. The lowest BCUT2D eigenvalue weighted by Crippen LogP contribution is -2.21. The highest BCUT2D eigenvalue weighted by Gasteiger charge is 2.14. The normalized spacial score (nSPS) is 10.5. The minimum absolute atomic E-state index is 0.0317. The fourth-order valence-corrected chi connectivity index (χ4v) is 2.68. The van der Waals surface area contributed by atoms with Crippen molar-refractivity contribution in [1.29, 1.82) is 0 Å². The third-order valence-corrected chi connectivity index (χ3v) is 4.21. The first kappa shape index (κ1) is 19.5. The van der Waals surface area contributed by atoms with E-state index < -0.39 is 0 Å². The Bertz CT molecular complexity index is 737. The third kappa shape index (κ3) is 5.09. The van der Waals surface area contributed by atoms with Crippen LogP contribution >= 0.6 is 0 Å². The molecule has 0 aliphatic carbocycles. The van der Waals surface area contributed by atoms with Gasteiger partial charge in [0.2, 0.25) is 5.91 Å². The predicted octanol–water partition coefficient (Wildman–Crippen LogP) is 4.98. The van der Waals surface area contributed by atoms with Crippen molar-refractivity contribution in [3.8, 4) is 0 Å². The van der Waals surface area contributed by atoms with E-state index in [-0.39, 0.29) is 17.8 Å². The Balaban J connectivity index is 2.08. The lowest BCUT2D eigenvalue weighted by Gasteiger charge is -2.14. The number of benzene rings is 2. The average Bonchev–Trinajstić information content (AvgIpc) is 2.65. The molecule has 2 rings (SSSR count). The quantitative estimate of drug-likeness (QED) is 0.656. The van der Waals surface area contributed by atoms with Crippen LogP contribution in [0.15, 0.2) is 48.5 Å². The summed E-state index contributed by atoms with van der Waals surface area (Å²) in [5.74, 6) is -0.280. The van der Waals surface area contributed by atoms with Crippen LogP contribution in [-0.2, 0) is 9.53 Å². The molecule has 1 amide bonds. The molecule has 0 spiro atoms. The van der Waals surface area contributed by atoms with E-state index >= 15 is 0 Å².